The minimum Gasteiger partial charge on any atom is -0.447 e. The molecule has 0 spiro atoms. The SMILES string of the molecule is CC(C)(O)Cn1cc(-c2coc(C(C)(C)c3ccc(-c4cnc(N)nc4)nc3)n2)cn1. The van der Waals surface area contributed by atoms with Crippen molar-refractivity contribution in [2.24, 2.45) is 0 Å². The number of pyridine rings is 1. The lowest BCUT2D eigenvalue weighted by molar-refractivity contribution is 0.0577. The molecule has 4 aromatic rings. The summed E-state index contributed by atoms with van der Waals surface area (Å²) < 4.78 is 7.51. The summed E-state index contributed by atoms with van der Waals surface area (Å²) in [4.78, 5) is 17.2. The van der Waals surface area contributed by atoms with Crippen molar-refractivity contribution >= 4 is 5.95 Å². The molecule has 0 aliphatic heterocycles. The van der Waals surface area contributed by atoms with Crippen molar-refractivity contribution in [2.45, 2.75) is 45.3 Å². The predicted octanol–water partition coefficient (Wildman–Crippen LogP) is 3.07. The van der Waals surface area contributed by atoms with Gasteiger partial charge in [0.05, 0.1) is 29.5 Å². The summed E-state index contributed by atoms with van der Waals surface area (Å²) in [5.74, 6) is 0.801. The summed E-state index contributed by atoms with van der Waals surface area (Å²) in [7, 11) is 0. The fraction of sp³-hybridized carbons (Fsp3) is 0.318. The molecule has 160 valence electrons. The highest BCUT2D eigenvalue weighted by Crippen LogP contribution is 2.33. The summed E-state index contributed by atoms with van der Waals surface area (Å²) >= 11 is 0. The summed E-state index contributed by atoms with van der Waals surface area (Å²) in [5.41, 5.74) is 8.22. The van der Waals surface area contributed by atoms with Gasteiger partial charge in [0.1, 0.15) is 12.0 Å². The summed E-state index contributed by atoms with van der Waals surface area (Å²) in [6, 6.07) is 3.90. The largest absolute Gasteiger partial charge is 0.447 e. The zero-order valence-electron chi connectivity index (χ0n) is 17.9. The van der Waals surface area contributed by atoms with E-state index >= 15 is 0 Å². The second kappa shape index (κ2) is 7.59. The van der Waals surface area contributed by atoms with E-state index in [2.05, 4.69) is 25.0 Å². The number of oxazole rings is 1. The van der Waals surface area contributed by atoms with Crippen LogP contribution in [0.1, 0.15) is 39.1 Å². The van der Waals surface area contributed by atoms with E-state index in [0.717, 1.165) is 22.4 Å². The van der Waals surface area contributed by atoms with Crippen molar-refractivity contribution in [1.82, 2.24) is 29.7 Å². The number of nitrogens with two attached hydrogens (primary N) is 1. The van der Waals surface area contributed by atoms with Crippen molar-refractivity contribution in [3.8, 4) is 22.5 Å². The molecule has 0 unspecified atom stereocenters. The molecule has 0 atom stereocenters. The number of hydrogen-bond donors (Lipinski definition) is 2. The first kappa shape index (κ1) is 20.7. The van der Waals surface area contributed by atoms with E-state index in [1.807, 2.05) is 32.2 Å². The van der Waals surface area contributed by atoms with Gasteiger partial charge in [-0.15, -0.1) is 0 Å². The topological polar surface area (TPSA) is 129 Å². The van der Waals surface area contributed by atoms with Gasteiger partial charge in [-0.05, 0) is 39.3 Å². The van der Waals surface area contributed by atoms with Crippen LogP contribution in [0.4, 0.5) is 5.95 Å². The van der Waals surface area contributed by atoms with Gasteiger partial charge in [-0.1, -0.05) is 6.07 Å². The van der Waals surface area contributed by atoms with Crippen LogP contribution in [0.25, 0.3) is 22.5 Å². The fourth-order valence-electron chi connectivity index (χ4n) is 3.20. The van der Waals surface area contributed by atoms with Crippen LogP contribution in [-0.2, 0) is 12.0 Å². The quantitative estimate of drug-likeness (QED) is 0.488. The molecule has 0 fully saturated rings. The Kier molecular flexibility index (Phi) is 5.06. The minimum absolute atomic E-state index is 0.229. The van der Waals surface area contributed by atoms with E-state index in [1.165, 1.54) is 0 Å². The molecule has 0 bridgehead atoms. The third-order valence-electron chi connectivity index (χ3n) is 4.97. The maximum atomic E-state index is 9.98. The van der Waals surface area contributed by atoms with E-state index in [1.54, 1.807) is 49.6 Å². The second-order valence-corrected chi connectivity index (χ2v) is 8.66. The standard InChI is InChI=1S/C22H25N7O2/c1-21(2,30)13-29-11-15(9-27-29)18-12-31-19(28-18)22(3,4)16-5-6-17(24-10-16)14-7-25-20(23)26-8-14/h5-12,30H,13H2,1-4H3,(H2,23,25,26). The monoisotopic (exact) mass is 419 g/mol. The molecular formula is C22H25N7O2. The third-order valence-corrected chi connectivity index (χ3v) is 4.97. The number of aromatic nitrogens is 6. The Morgan fingerprint density at radius 1 is 0.968 bits per heavy atom. The van der Waals surface area contributed by atoms with Crippen molar-refractivity contribution in [2.75, 3.05) is 5.73 Å². The Morgan fingerprint density at radius 2 is 1.71 bits per heavy atom. The molecule has 9 nitrogen and oxygen atoms in total. The highest BCUT2D eigenvalue weighted by Gasteiger charge is 2.29. The smallest absolute Gasteiger partial charge is 0.219 e. The number of rotatable bonds is 6. The predicted molar refractivity (Wildman–Crippen MR) is 116 cm³/mol. The number of hydrogen-bond acceptors (Lipinski definition) is 8. The van der Waals surface area contributed by atoms with Crippen molar-refractivity contribution in [3.63, 3.8) is 0 Å². The molecular weight excluding hydrogens is 394 g/mol. The highest BCUT2D eigenvalue weighted by atomic mass is 16.3. The van der Waals surface area contributed by atoms with Gasteiger partial charge < -0.3 is 15.3 Å². The molecule has 31 heavy (non-hydrogen) atoms. The molecule has 4 rings (SSSR count). The van der Waals surface area contributed by atoms with Crippen LogP contribution in [0, 0.1) is 0 Å². The normalized spacial score (nSPS) is 12.3. The third kappa shape index (κ3) is 4.46. The van der Waals surface area contributed by atoms with Gasteiger partial charge in [0.25, 0.3) is 0 Å². The van der Waals surface area contributed by atoms with Gasteiger partial charge in [0.2, 0.25) is 11.8 Å². The first-order chi connectivity index (χ1) is 14.6. The molecule has 0 saturated carbocycles. The molecule has 0 saturated heterocycles. The van der Waals surface area contributed by atoms with E-state index in [-0.39, 0.29) is 5.95 Å². The Bertz CT molecular complexity index is 1170. The molecule has 0 aliphatic rings. The zero-order valence-corrected chi connectivity index (χ0v) is 17.9. The lowest BCUT2D eigenvalue weighted by Crippen LogP contribution is -2.26. The average Bonchev–Trinajstić information content (AvgIpc) is 3.37. The number of aliphatic hydroxyl groups is 1. The first-order valence-electron chi connectivity index (χ1n) is 9.87. The fourth-order valence-corrected chi connectivity index (χ4v) is 3.20. The Hall–Kier alpha value is -3.59. The molecule has 0 aliphatic carbocycles. The molecule has 0 amide bonds. The van der Waals surface area contributed by atoms with Crippen LogP contribution in [0.2, 0.25) is 0 Å². The van der Waals surface area contributed by atoms with Crippen molar-refractivity contribution in [1.29, 1.82) is 0 Å². The van der Waals surface area contributed by atoms with Gasteiger partial charge in [-0.2, -0.15) is 5.10 Å². The molecule has 3 N–H and O–H groups in total. The van der Waals surface area contributed by atoms with Crippen LogP contribution in [0.3, 0.4) is 0 Å². The minimum atomic E-state index is -0.849. The van der Waals surface area contributed by atoms with Gasteiger partial charge in [0.15, 0.2) is 0 Å². The van der Waals surface area contributed by atoms with Crippen molar-refractivity contribution < 1.29 is 9.52 Å². The van der Waals surface area contributed by atoms with Crippen LogP contribution in [0.5, 0.6) is 0 Å². The zero-order chi connectivity index (χ0) is 22.2. The van der Waals surface area contributed by atoms with Crippen molar-refractivity contribution in [3.05, 3.63) is 60.8 Å². The summed E-state index contributed by atoms with van der Waals surface area (Å²) in [6.45, 7) is 7.93. The van der Waals surface area contributed by atoms with E-state index in [9.17, 15) is 5.11 Å². The van der Waals surface area contributed by atoms with Gasteiger partial charge in [0, 0.05) is 35.9 Å². The van der Waals surface area contributed by atoms with Gasteiger partial charge >= 0.3 is 0 Å². The summed E-state index contributed by atoms with van der Waals surface area (Å²) in [6.07, 6.45) is 10.3. The molecule has 4 aromatic heterocycles. The lowest BCUT2D eigenvalue weighted by atomic mass is 9.85. The van der Waals surface area contributed by atoms with Gasteiger partial charge in [-0.25, -0.2) is 15.0 Å². The van der Waals surface area contributed by atoms with E-state index in [0.29, 0.717) is 18.1 Å². The Morgan fingerprint density at radius 3 is 2.35 bits per heavy atom. The van der Waals surface area contributed by atoms with Gasteiger partial charge in [-0.3, -0.25) is 9.67 Å². The number of anilines is 1. The maximum absolute atomic E-state index is 9.98. The maximum Gasteiger partial charge on any atom is 0.219 e. The lowest BCUT2D eigenvalue weighted by Gasteiger charge is -2.21. The Labute approximate surface area is 180 Å². The van der Waals surface area contributed by atoms with Crippen LogP contribution < -0.4 is 5.73 Å². The van der Waals surface area contributed by atoms with Crippen LogP contribution >= 0.6 is 0 Å². The van der Waals surface area contributed by atoms with Crippen LogP contribution in [-0.4, -0.2) is 40.4 Å². The molecule has 0 radical (unpaired) electrons. The Balaban J connectivity index is 1.55. The number of nitrogens with zero attached hydrogens (tertiary/aromatic N) is 6. The second-order valence-electron chi connectivity index (χ2n) is 8.66. The van der Waals surface area contributed by atoms with Crippen LogP contribution in [0.15, 0.2) is 53.8 Å². The summed E-state index contributed by atoms with van der Waals surface area (Å²) in [5, 5.41) is 14.3. The first-order valence-corrected chi connectivity index (χ1v) is 9.87. The highest BCUT2D eigenvalue weighted by molar-refractivity contribution is 5.58. The van der Waals surface area contributed by atoms with E-state index < -0.39 is 11.0 Å². The molecule has 0 aromatic carbocycles. The molecule has 4 heterocycles. The van der Waals surface area contributed by atoms with E-state index in [4.69, 9.17) is 10.2 Å². The average molecular weight is 419 g/mol. The number of nitrogen functional groups attached to an aromatic ring is 1. The molecule has 9 heteroatoms.